The van der Waals surface area contributed by atoms with Crippen molar-refractivity contribution in [2.75, 3.05) is 26.2 Å². The van der Waals surface area contributed by atoms with Crippen LogP contribution in [0.1, 0.15) is 18.9 Å². The average molecular weight is 262 g/mol. The van der Waals surface area contributed by atoms with Gasteiger partial charge in [-0.15, -0.1) is 0 Å². The minimum absolute atomic E-state index is 0.0889. The van der Waals surface area contributed by atoms with Gasteiger partial charge in [-0.3, -0.25) is 14.7 Å². The van der Waals surface area contributed by atoms with Crippen molar-refractivity contribution in [2.24, 2.45) is 5.73 Å². The first-order valence-corrected chi connectivity index (χ1v) is 6.86. The Morgan fingerprint density at radius 3 is 2.53 bits per heavy atom. The van der Waals surface area contributed by atoms with Gasteiger partial charge in [-0.1, -0.05) is 6.92 Å². The molecule has 1 aliphatic heterocycles. The molecule has 1 atom stereocenters. The van der Waals surface area contributed by atoms with Crippen LogP contribution in [0.5, 0.6) is 0 Å². The lowest BCUT2D eigenvalue weighted by Crippen LogP contribution is -2.52. The number of aromatic nitrogens is 1. The molecule has 0 bridgehead atoms. The summed E-state index contributed by atoms with van der Waals surface area (Å²) >= 11 is 0. The molecule has 1 fully saturated rings. The van der Waals surface area contributed by atoms with Crippen molar-refractivity contribution >= 4 is 5.91 Å². The topological polar surface area (TPSA) is 62.5 Å². The number of carbonyl (C=O) groups is 1. The molecular weight excluding hydrogens is 240 g/mol. The Morgan fingerprint density at radius 1 is 1.32 bits per heavy atom. The van der Waals surface area contributed by atoms with E-state index in [0.717, 1.165) is 32.7 Å². The van der Waals surface area contributed by atoms with Crippen LogP contribution in [0, 0.1) is 0 Å². The SMILES string of the molecule is CCC(N)C(=O)N1CCN(Cc2ccncc2)CC1. The van der Waals surface area contributed by atoms with E-state index in [1.165, 1.54) is 5.56 Å². The maximum Gasteiger partial charge on any atom is 0.239 e. The van der Waals surface area contributed by atoms with Crippen LogP contribution in [-0.4, -0.2) is 52.9 Å². The quantitative estimate of drug-likeness (QED) is 0.856. The predicted octanol–water partition coefficient (Wildman–Crippen LogP) is 0.463. The summed E-state index contributed by atoms with van der Waals surface area (Å²) in [4.78, 5) is 20.2. The summed E-state index contributed by atoms with van der Waals surface area (Å²) in [5, 5.41) is 0. The summed E-state index contributed by atoms with van der Waals surface area (Å²) in [6.07, 6.45) is 4.33. The molecule has 0 aromatic carbocycles. The molecule has 1 saturated heterocycles. The third-order valence-electron chi connectivity index (χ3n) is 3.60. The lowest BCUT2D eigenvalue weighted by atomic mass is 10.2. The van der Waals surface area contributed by atoms with Gasteiger partial charge in [-0.2, -0.15) is 0 Å². The second-order valence-corrected chi connectivity index (χ2v) is 4.97. The van der Waals surface area contributed by atoms with Crippen molar-refractivity contribution < 1.29 is 4.79 Å². The van der Waals surface area contributed by atoms with E-state index in [1.807, 2.05) is 36.4 Å². The van der Waals surface area contributed by atoms with Crippen LogP contribution in [0.3, 0.4) is 0 Å². The molecule has 1 aliphatic rings. The van der Waals surface area contributed by atoms with Crippen molar-refractivity contribution in [3.05, 3.63) is 30.1 Å². The van der Waals surface area contributed by atoms with Crippen molar-refractivity contribution in [3.8, 4) is 0 Å². The van der Waals surface area contributed by atoms with Crippen LogP contribution < -0.4 is 5.73 Å². The van der Waals surface area contributed by atoms with E-state index in [-0.39, 0.29) is 11.9 Å². The first-order valence-electron chi connectivity index (χ1n) is 6.86. The molecule has 1 unspecified atom stereocenters. The van der Waals surface area contributed by atoms with Gasteiger partial charge < -0.3 is 10.6 Å². The molecule has 2 heterocycles. The number of carbonyl (C=O) groups excluding carboxylic acids is 1. The Morgan fingerprint density at radius 2 is 1.95 bits per heavy atom. The highest BCUT2D eigenvalue weighted by atomic mass is 16.2. The second kappa shape index (κ2) is 6.63. The monoisotopic (exact) mass is 262 g/mol. The zero-order valence-corrected chi connectivity index (χ0v) is 11.5. The maximum atomic E-state index is 12.0. The number of amides is 1. The summed E-state index contributed by atoms with van der Waals surface area (Å²) in [6.45, 7) is 6.23. The number of nitrogens with two attached hydrogens (primary N) is 1. The minimum atomic E-state index is -0.341. The average Bonchev–Trinajstić information content (AvgIpc) is 2.47. The van der Waals surface area contributed by atoms with Gasteiger partial charge in [0.15, 0.2) is 0 Å². The number of rotatable bonds is 4. The summed E-state index contributed by atoms with van der Waals surface area (Å²) in [7, 11) is 0. The van der Waals surface area contributed by atoms with Crippen molar-refractivity contribution in [2.45, 2.75) is 25.9 Å². The van der Waals surface area contributed by atoms with Gasteiger partial charge in [0.25, 0.3) is 0 Å². The van der Waals surface area contributed by atoms with Crippen LogP contribution in [0.25, 0.3) is 0 Å². The molecule has 5 heteroatoms. The lowest BCUT2D eigenvalue weighted by Gasteiger charge is -2.35. The molecular formula is C14H22N4O. The Hall–Kier alpha value is -1.46. The highest BCUT2D eigenvalue weighted by Gasteiger charge is 2.24. The van der Waals surface area contributed by atoms with Gasteiger partial charge in [-0.25, -0.2) is 0 Å². The number of piperazine rings is 1. The fourth-order valence-corrected chi connectivity index (χ4v) is 2.28. The molecule has 1 amide bonds. The normalized spacial score (nSPS) is 18.3. The lowest BCUT2D eigenvalue weighted by molar-refractivity contribution is -0.134. The first-order chi connectivity index (χ1) is 9.20. The fourth-order valence-electron chi connectivity index (χ4n) is 2.28. The second-order valence-electron chi connectivity index (χ2n) is 4.97. The Bertz CT molecular complexity index is 401. The zero-order valence-electron chi connectivity index (χ0n) is 11.5. The third-order valence-corrected chi connectivity index (χ3v) is 3.60. The van der Waals surface area contributed by atoms with Gasteiger partial charge in [0.05, 0.1) is 6.04 Å². The number of nitrogens with zero attached hydrogens (tertiary/aromatic N) is 3. The standard InChI is InChI=1S/C14H22N4O/c1-2-13(15)14(19)18-9-7-17(8-10-18)11-12-3-5-16-6-4-12/h3-6,13H,2,7-11,15H2,1H3. The summed E-state index contributed by atoms with van der Waals surface area (Å²) < 4.78 is 0. The van der Waals surface area contributed by atoms with Crippen LogP contribution in [0.4, 0.5) is 0 Å². The van der Waals surface area contributed by atoms with E-state index >= 15 is 0 Å². The molecule has 104 valence electrons. The molecule has 0 aliphatic carbocycles. The third kappa shape index (κ3) is 3.75. The van der Waals surface area contributed by atoms with E-state index in [9.17, 15) is 4.79 Å². The molecule has 2 rings (SSSR count). The Kier molecular flexibility index (Phi) is 4.87. The van der Waals surface area contributed by atoms with E-state index in [0.29, 0.717) is 6.42 Å². The molecule has 1 aromatic rings. The largest absolute Gasteiger partial charge is 0.339 e. The smallest absolute Gasteiger partial charge is 0.239 e. The zero-order chi connectivity index (χ0) is 13.7. The molecule has 1 aromatic heterocycles. The van der Waals surface area contributed by atoms with Crippen molar-refractivity contribution in [1.82, 2.24) is 14.8 Å². The first kappa shape index (κ1) is 14.0. The summed E-state index contributed by atoms with van der Waals surface area (Å²) in [6, 6.07) is 3.72. The van der Waals surface area contributed by atoms with Crippen molar-refractivity contribution in [1.29, 1.82) is 0 Å². The minimum Gasteiger partial charge on any atom is -0.339 e. The van der Waals surface area contributed by atoms with E-state index in [2.05, 4.69) is 9.88 Å². The van der Waals surface area contributed by atoms with Gasteiger partial charge in [0, 0.05) is 45.1 Å². The van der Waals surface area contributed by atoms with Crippen LogP contribution in [0.15, 0.2) is 24.5 Å². The summed E-state index contributed by atoms with van der Waals surface area (Å²) in [5.41, 5.74) is 7.06. The Balaban J connectivity index is 1.81. The van der Waals surface area contributed by atoms with Gasteiger partial charge in [-0.05, 0) is 24.1 Å². The van der Waals surface area contributed by atoms with Gasteiger partial charge in [0.2, 0.25) is 5.91 Å². The highest BCUT2D eigenvalue weighted by molar-refractivity contribution is 5.81. The van der Waals surface area contributed by atoms with Gasteiger partial charge in [0.1, 0.15) is 0 Å². The predicted molar refractivity (Wildman–Crippen MR) is 74.4 cm³/mol. The molecule has 19 heavy (non-hydrogen) atoms. The number of hydrogen-bond acceptors (Lipinski definition) is 4. The number of pyridine rings is 1. The van der Waals surface area contributed by atoms with E-state index < -0.39 is 0 Å². The summed E-state index contributed by atoms with van der Waals surface area (Å²) in [5.74, 6) is 0.0889. The Labute approximate surface area is 114 Å². The molecule has 2 N–H and O–H groups in total. The fraction of sp³-hybridized carbons (Fsp3) is 0.571. The van der Waals surface area contributed by atoms with Crippen LogP contribution >= 0.6 is 0 Å². The van der Waals surface area contributed by atoms with Crippen molar-refractivity contribution in [3.63, 3.8) is 0 Å². The highest BCUT2D eigenvalue weighted by Crippen LogP contribution is 2.09. The molecule has 0 spiro atoms. The van der Waals surface area contributed by atoms with Crippen LogP contribution in [-0.2, 0) is 11.3 Å². The number of hydrogen-bond donors (Lipinski definition) is 1. The molecule has 5 nitrogen and oxygen atoms in total. The molecule has 0 saturated carbocycles. The maximum absolute atomic E-state index is 12.0. The van der Waals surface area contributed by atoms with Crippen LogP contribution in [0.2, 0.25) is 0 Å². The molecule has 0 radical (unpaired) electrons. The van der Waals surface area contributed by atoms with Gasteiger partial charge >= 0.3 is 0 Å². The van der Waals surface area contributed by atoms with E-state index in [4.69, 9.17) is 5.73 Å². The van der Waals surface area contributed by atoms with E-state index in [1.54, 1.807) is 0 Å².